The zero-order valence-electron chi connectivity index (χ0n) is 9.82. The number of fused-ring (bicyclic) bond motifs is 1. The van der Waals surface area contributed by atoms with Crippen LogP contribution in [0.15, 0.2) is 18.2 Å². The third kappa shape index (κ3) is 3.51. The Balaban J connectivity index is 0.00000162. The van der Waals surface area contributed by atoms with Crippen LogP contribution in [0.4, 0.5) is 0 Å². The van der Waals surface area contributed by atoms with E-state index in [0.29, 0.717) is 31.1 Å². The summed E-state index contributed by atoms with van der Waals surface area (Å²) in [5.74, 6) is 0.644. The number of benzene rings is 1. The van der Waals surface area contributed by atoms with Crippen LogP contribution < -0.4 is 15.8 Å². The molecule has 0 aromatic heterocycles. The Hall–Kier alpha value is -0.970. The van der Waals surface area contributed by atoms with Gasteiger partial charge in [-0.3, -0.25) is 4.79 Å². The minimum absolute atomic E-state index is 0. The van der Waals surface area contributed by atoms with E-state index in [1.165, 1.54) is 0 Å². The van der Waals surface area contributed by atoms with Gasteiger partial charge in [0, 0.05) is 18.1 Å². The molecule has 0 fully saturated rings. The van der Waals surface area contributed by atoms with Gasteiger partial charge in [-0.05, 0) is 30.2 Å². The fraction of sp³-hybridized carbons (Fsp3) is 0.417. The molecule has 3 N–H and O–H groups in total. The lowest BCUT2D eigenvalue weighted by atomic mass is 9.96. The van der Waals surface area contributed by atoms with Gasteiger partial charge in [-0.15, -0.1) is 12.4 Å². The molecule has 1 atom stereocenters. The molecule has 1 aromatic carbocycles. The molecule has 0 spiro atoms. The van der Waals surface area contributed by atoms with Gasteiger partial charge in [0.2, 0.25) is 5.91 Å². The van der Waals surface area contributed by atoms with Gasteiger partial charge in [-0.2, -0.15) is 0 Å². The van der Waals surface area contributed by atoms with Crippen LogP contribution in [0.25, 0.3) is 0 Å². The molecule has 0 radical (unpaired) electrons. The van der Waals surface area contributed by atoms with Crippen molar-refractivity contribution in [1.29, 1.82) is 0 Å². The van der Waals surface area contributed by atoms with Crippen molar-refractivity contribution >= 4 is 29.9 Å². The van der Waals surface area contributed by atoms with Gasteiger partial charge in [-0.25, -0.2) is 0 Å². The van der Waals surface area contributed by atoms with Gasteiger partial charge < -0.3 is 15.8 Å². The van der Waals surface area contributed by atoms with E-state index in [4.69, 9.17) is 22.1 Å². The predicted octanol–water partition coefficient (Wildman–Crippen LogP) is 1.39. The minimum Gasteiger partial charge on any atom is -0.492 e. The normalized spacial score (nSPS) is 17.1. The highest BCUT2D eigenvalue weighted by atomic mass is 35.5. The molecule has 0 bridgehead atoms. The molecular weight excluding hydrogens is 275 g/mol. The average Bonchev–Trinajstić information content (AvgIpc) is 2.35. The lowest BCUT2D eigenvalue weighted by Crippen LogP contribution is -2.39. The fourth-order valence-corrected chi connectivity index (χ4v) is 2.07. The number of rotatable bonds is 3. The highest BCUT2D eigenvalue weighted by molar-refractivity contribution is 6.30. The second kappa shape index (κ2) is 6.83. The van der Waals surface area contributed by atoms with Crippen LogP contribution in [-0.2, 0) is 11.2 Å². The van der Waals surface area contributed by atoms with Crippen LogP contribution in [0.5, 0.6) is 5.75 Å². The number of hydrogen-bond donors (Lipinski definition) is 2. The summed E-state index contributed by atoms with van der Waals surface area (Å²) in [5.41, 5.74) is 6.32. The van der Waals surface area contributed by atoms with Crippen molar-refractivity contribution in [2.24, 2.45) is 11.7 Å². The Kier molecular flexibility index (Phi) is 5.72. The molecule has 1 aliphatic rings. The first kappa shape index (κ1) is 15.1. The van der Waals surface area contributed by atoms with Crippen molar-refractivity contribution in [3.63, 3.8) is 0 Å². The topological polar surface area (TPSA) is 64.3 Å². The first-order valence-electron chi connectivity index (χ1n) is 5.59. The van der Waals surface area contributed by atoms with E-state index in [-0.39, 0.29) is 24.2 Å². The number of hydrogen-bond acceptors (Lipinski definition) is 3. The number of nitrogens with two attached hydrogens (primary N) is 1. The summed E-state index contributed by atoms with van der Waals surface area (Å²) in [6.45, 7) is 1.35. The number of amides is 1. The molecule has 1 heterocycles. The van der Waals surface area contributed by atoms with Gasteiger partial charge in [0.25, 0.3) is 0 Å². The number of carbonyl (C=O) groups is 1. The second-order valence-corrected chi connectivity index (χ2v) is 4.48. The molecule has 18 heavy (non-hydrogen) atoms. The molecule has 4 nitrogen and oxygen atoms in total. The van der Waals surface area contributed by atoms with E-state index in [1.807, 2.05) is 12.1 Å². The van der Waals surface area contributed by atoms with Crippen molar-refractivity contribution in [1.82, 2.24) is 5.32 Å². The summed E-state index contributed by atoms with van der Waals surface area (Å²) >= 11 is 5.91. The molecular formula is C12H16Cl2N2O2. The summed E-state index contributed by atoms with van der Waals surface area (Å²) in [4.78, 5) is 11.8. The molecule has 0 aliphatic carbocycles. The van der Waals surface area contributed by atoms with E-state index in [1.54, 1.807) is 6.07 Å². The lowest BCUT2D eigenvalue weighted by Gasteiger charge is -2.24. The zero-order chi connectivity index (χ0) is 12.3. The smallest absolute Gasteiger partial charge is 0.226 e. The van der Waals surface area contributed by atoms with Crippen LogP contribution in [0.1, 0.15) is 5.56 Å². The summed E-state index contributed by atoms with van der Waals surface area (Å²) in [6, 6.07) is 5.47. The third-order valence-corrected chi connectivity index (χ3v) is 2.98. The number of nitrogens with one attached hydrogen (secondary N) is 1. The highest BCUT2D eigenvalue weighted by Crippen LogP contribution is 2.29. The average molecular weight is 291 g/mol. The van der Waals surface area contributed by atoms with Crippen molar-refractivity contribution in [3.8, 4) is 5.75 Å². The van der Waals surface area contributed by atoms with Gasteiger partial charge >= 0.3 is 0 Å². The van der Waals surface area contributed by atoms with E-state index in [9.17, 15) is 4.79 Å². The van der Waals surface area contributed by atoms with Gasteiger partial charge in [0.1, 0.15) is 12.4 Å². The molecule has 1 unspecified atom stereocenters. The molecule has 2 rings (SSSR count). The Morgan fingerprint density at radius 3 is 3.06 bits per heavy atom. The van der Waals surface area contributed by atoms with E-state index in [0.717, 1.165) is 11.3 Å². The molecule has 1 aliphatic heterocycles. The molecule has 0 saturated carbocycles. The van der Waals surface area contributed by atoms with Crippen LogP contribution in [0, 0.1) is 5.92 Å². The largest absolute Gasteiger partial charge is 0.492 e. The Morgan fingerprint density at radius 2 is 2.33 bits per heavy atom. The number of halogens is 2. The maximum atomic E-state index is 11.8. The molecule has 0 saturated heterocycles. The lowest BCUT2D eigenvalue weighted by molar-refractivity contribution is -0.126. The van der Waals surface area contributed by atoms with Crippen molar-refractivity contribution < 1.29 is 9.53 Å². The van der Waals surface area contributed by atoms with Crippen molar-refractivity contribution in [2.75, 3.05) is 19.7 Å². The van der Waals surface area contributed by atoms with Crippen molar-refractivity contribution in [2.45, 2.75) is 6.42 Å². The van der Waals surface area contributed by atoms with Gasteiger partial charge in [-0.1, -0.05) is 11.6 Å². The third-order valence-electron chi connectivity index (χ3n) is 2.74. The molecule has 1 amide bonds. The summed E-state index contributed by atoms with van der Waals surface area (Å²) in [5, 5.41) is 3.43. The quantitative estimate of drug-likeness (QED) is 0.884. The van der Waals surface area contributed by atoms with Crippen LogP contribution in [0.3, 0.4) is 0 Å². The number of carbonyl (C=O) groups excluding carboxylic acids is 1. The Morgan fingerprint density at radius 1 is 1.56 bits per heavy atom. The zero-order valence-corrected chi connectivity index (χ0v) is 11.4. The SMILES string of the molecule is Cl.NCCNC(=O)C1COc2ccc(Cl)cc2C1. The van der Waals surface area contributed by atoms with Crippen LogP contribution >= 0.6 is 24.0 Å². The van der Waals surface area contributed by atoms with E-state index in [2.05, 4.69) is 5.32 Å². The minimum atomic E-state index is -0.160. The van der Waals surface area contributed by atoms with E-state index < -0.39 is 0 Å². The van der Waals surface area contributed by atoms with Crippen LogP contribution in [-0.4, -0.2) is 25.6 Å². The van der Waals surface area contributed by atoms with E-state index >= 15 is 0 Å². The second-order valence-electron chi connectivity index (χ2n) is 4.04. The predicted molar refractivity (Wildman–Crippen MR) is 73.5 cm³/mol. The summed E-state index contributed by atoms with van der Waals surface area (Å²) in [7, 11) is 0. The summed E-state index contributed by atoms with van der Waals surface area (Å²) in [6.07, 6.45) is 0.659. The van der Waals surface area contributed by atoms with Gasteiger partial charge in [0.15, 0.2) is 0 Å². The first-order valence-corrected chi connectivity index (χ1v) is 5.97. The Labute approximate surface area is 117 Å². The van der Waals surface area contributed by atoms with Gasteiger partial charge in [0.05, 0.1) is 5.92 Å². The van der Waals surface area contributed by atoms with Crippen molar-refractivity contribution in [3.05, 3.63) is 28.8 Å². The monoisotopic (exact) mass is 290 g/mol. The maximum absolute atomic E-state index is 11.8. The number of ether oxygens (including phenoxy) is 1. The standard InChI is InChI=1S/C12H15ClN2O2.ClH/c13-10-1-2-11-8(6-10)5-9(7-17-11)12(16)15-4-3-14;/h1-2,6,9H,3-5,7,14H2,(H,15,16);1H. The highest BCUT2D eigenvalue weighted by Gasteiger charge is 2.25. The molecule has 1 aromatic rings. The maximum Gasteiger partial charge on any atom is 0.226 e. The Bertz CT molecular complexity index is 427. The fourth-order valence-electron chi connectivity index (χ4n) is 1.87. The first-order chi connectivity index (χ1) is 8.20. The molecule has 6 heteroatoms. The summed E-state index contributed by atoms with van der Waals surface area (Å²) < 4.78 is 5.54. The molecule has 100 valence electrons. The van der Waals surface area contributed by atoms with Crippen LogP contribution in [0.2, 0.25) is 5.02 Å².